The van der Waals surface area contributed by atoms with Crippen LogP contribution in [0.5, 0.6) is 0 Å². The highest BCUT2D eigenvalue weighted by Crippen LogP contribution is 2.10. The van der Waals surface area contributed by atoms with Gasteiger partial charge < -0.3 is 10.6 Å². The summed E-state index contributed by atoms with van der Waals surface area (Å²) in [5.74, 6) is 0.185. The van der Waals surface area contributed by atoms with Crippen LogP contribution < -0.4 is 5.73 Å². The Morgan fingerprint density at radius 1 is 1.33 bits per heavy atom. The third-order valence-electron chi connectivity index (χ3n) is 2.58. The molecule has 100 valence electrons. The Labute approximate surface area is 108 Å². The maximum Gasteiger partial charge on any atom is 0.224 e. The van der Waals surface area contributed by atoms with E-state index in [-0.39, 0.29) is 11.7 Å². The fourth-order valence-corrected chi connectivity index (χ4v) is 1.79. The average molecular weight is 252 g/mol. The van der Waals surface area contributed by atoms with Crippen molar-refractivity contribution in [3.05, 3.63) is 35.6 Å². The zero-order valence-electron chi connectivity index (χ0n) is 11.0. The summed E-state index contributed by atoms with van der Waals surface area (Å²) in [6.07, 6.45) is 0.355. The summed E-state index contributed by atoms with van der Waals surface area (Å²) >= 11 is 0. The molecule has 1 aromatic carbocycles. The first kappa shape index (κ1) is 14.6. The summed E-state index contributed by atoms with van der Waals surface area (Å²) in [7, 11) is 0. The second-order valence-corrected chi connectivity index (χ2v) is 4.83. The first-order valence-corrected chi connectivity index (χ1v) is 6.25. The van der Waals surface area contributed by atoms with Gasteiger partial charge in [-0.15, -0.1) is 0 Å². The van der Waals surface area contributed by atoms with Crippen LogP contribution in [0.2, 0.25) is 0 Å². The first-order chi connectivity index (χ1) is 8.52. The van der Waals surface area contributed by atoms with Gasteiger partial charge in [0.25, 0.3) is 0 Å². The molecule has 2 N–H and O–H groups in total. The monoisotopic (exact) mass is 252 g/mol. The quantitative estimate of drug-likeness (QED) is 0.843. The smallest absolute Gasteiger partial charge is 0.224 e. The topological polar surface area (TPSA) is 46.3 Å². The van der Waals surface area contributed by atoms with Gasteiger partial charge in [-0.3, -0.25) is 4.79 Å². The number of hydrogen-bond donors (Lipinski definition) is 1. The molecule has 0 saturated carbocycles. The maximum absolute atomic E-state index is 12.8. The van der Waals surface area contributed by atoms with Gasteiger partial charge in [-0.25, -0.2) is 4.39 Å². The molecule has 1 aromatic rings. The van der Waals surface area contributed by atoms with Gasteiger partial charge in [0, 0.05) is 26.1 Å². The number of halogens is 1. The molecule has 0 fully saturated rings. The van der Waals surface area contributed by atoms with Crippen molar-refractivity contribution in [2.45, 2.75) is 26.8 Å². The van der Waals surface area contributed by atoms with E-state index in [1.807, 2.05) is 0 Å². The van der Waals surface area contributed by atoms with Gasteiger partial charge in [-0.05, 0) is 23.6 Å². The van der Waals surface area contributed by atoms with E-state index in [1.54, 1.807) is 17.0 Å². The number of amides is 1. The maximum atomic E-state index is 12.8. The number of nitrogens with zero attached hydrogens (tertiary/aromatic N) is 1. The Morgan fingerprint density at radius 3 is 2.44 bits per heavy atom. The fourth-order valence-electron chi connectivity index (χ4n) is 1.79. The molecule has 0 aliphatic heterocycles. The van der Waals surface area contributed by atoms with Crippen molar-refractivity contribution in [1.29, 1.82) is 0 Å². The number of benzene rings is 1. The highest BCUT2D eigenvalue weighted by atomic mass is 19.1. The molecular formula is C14H21FN2O. The summed E-state index contributed by atoms with van der Waals surface area (Å²) in [5, 5.41) is 0. The van der Waals surface area contributed by atoms with Gasteiger partial charge in [0.15, 0.2) is 0 Å². The summed E-state index contributed by atoms with van der Waals surface area (Å²) in [5.41, 5.74) is 6.35. The van der Waals surface area contributed by atoms with Crippen LogP contribution >= 0.6 is 0 Å². The molecule has 0 atom stereocenters. The molecule has 0 saturated heterocycles. The lowest BCUT2D eigenvalue weighted by Crippen LogP contribution is -2.34. The lowest BCUT2D eigenvalue weighted by atomic mass is 10.1. The van der Waals surface area contributed by atoms with Crippen LogP contribution in [0, 0.1) is 11.7 Å². The SMILES string of the molecule is CC(C)CN(Cc1ccc(F)cc1)C(=O)CCN. The number of rotatable bonds is 6. The summed E-state index contributed by atoms with van der Waals surface area (Å²) in [6.45, 7) is 5.69. The van der Waals surface area contributed by atoms with Crippen molar-refractivity contribution in [3.63, 3.8) is 0 Å². The molecular weight excluding hydrogens is 231 g/mol. The third-order valence-corrected chi connectivity index (χ3v) is 2.58. The molecule has 0 heterocycles. The van der Waals surface area contributed by atoms with Crippen LogP contribution in [0.4, 0.5) is 4.39 Å². The van der Waals surface area contributed by atoms with E-state index in [0.29, 0.717) is 32.0 Å². The number of hydrogen-bond acceptors (Lipinski definition) is 2. The molecule has 1 amide bonds. The van der Waals surface area contributed by atoms with Gasteiger partial charge in [0.2, 0.25) is 5.91 Å². The van der Waals surface area contributed by atoms with E-state index in [1.165, 1.54) is 12.1 Å². The van der Waals surface area contributed by atoms with Crippen LogP contribution in [0.15, 0.2) is 24.3 Å². The summed E-state index contributed by atoms with van der Waals surface area (Å²) in [6, 6.07) is 6.24. The van der Waals surface area contributed by atoms with E-state index in [4.69, 9.17) is 5.73 Å². The highest BCUT2D eigenvalue weighted by molar-refractivity contribution is 5.76. The van der Waals surface area contributed by atoms with E-state index in [9.17, 15) is 9.18 Å². The molecule has 0 unspecified atom stereocenters. The minimum absolute atomic E-state index is 0.0514. The summed E-state index contributed by atoms with van der Waals surface area (Å²) in [4.78, 5) is 13.7. The van der Waals surface area contributed by atoms with E-state index in [2.05, 4.69) is 13.8 Å². The second-order valence-electron chi connectivity index (χ2n) is 4.83. The normalized spacial score (nSPS) is 10.7. The van der Waals surface area contributed by atoms with Gasteiger partial charge in [-0.2, -0.15) is 0 Å². The van der Waals surface area contributed by atoms with Crippen LogP contribution in [-0.4, -0.2) is 23.9 Å². The van der Waals surface area contributed by atoms with Crippen LogP contribution in [0.3, 0.4) is 0 Å². The predicted molar refractivity (Wildman–Crippen MR) is 70.3 cm³/mol. The Bertz CT molecular complexity index is 376. The van der Waals surface area contributed by atoms with Gasteiger partial charge in [0.05, 0.1) is 0 Å². The average Bonchev–Trinajstić information content (AvgIpc) is 2.31. The third kappa shape index (κ3) is 4.84. The van der Waals surface area contributed by atoms with Gasteiger partial charge >= 0.3 is 0 Å². The Hall–Kier alpha value is -1.42. The molecule has 0 radical (unpaired) electrons. The van der Waals surface area contributed by atoms with Crippen molar-refractivity contribution in [2.24, 2.45) is 11.7 Å². The molecule has 0 bridgehead atoms. The molecule has 0 aromatic heterocycles. The molecule has 4 heteroatoms. The summed E-state index contributed by atoms with van der Waals surface area (Å²) < 4.78 is 12.8. The van der Waals surface area contributed by atoms with E-state index < -0.39 is 0 Å². The van der Waals surface area contributed by atoms with Crippen molar-refractivity contribution in [2.75, 3.05) is 13.1 Å². The van der Waals surface area contributed by atoms with Crippen molar-refractivity contribution >= 4 is 5.91 Å². The lowest BCUT2D eigenvalue weighted by molar-refractivity contribution is -0.132. The molecule has 3 nitrogen and oxygen atoms in total. The van der Waals surface area contributed by atoms with E-state index >= 15 is 0 Å². The Kier molecular flexibility index (Phi) is 5.78. The molecule has 0 spiro atoms. The Morgan fingerprint density at radius 2 is 1.94 bits per heavy atom. The molecule has 0 aliphatic carbocycles. The lowest BCUT2D eigenvalue weighted by Gasteiger charge is -2.24. The number of carbonyl (C=O) groups excluding carboxylic acids is 1. The zero-order chi connectivity index (χ0) is 13.5. The van der Waals surface area contributed by atoms with Crippen molar-refractivity contribution in [1.82, 2.24) is 4.90 Å². The zero-order valence-corrected chi connectivity index (χ0v) is 11.0. The van der Waals surface area contributed by atoms with Crippen LogP contribution in [-0.2, 0) is 11.3 Å². The number of carbonyl (C=O) groups is 1. The van der Waals surface area contributed by atoms with Crippen molar-refractivity contribution < 1.29 is 9.18 Å². The Balaban J connectivity index is 2.71. The largest absolute Gasteiger partial charge is 0.338 e. The predicted octanol–water partition coefficient (Wildman–Crippen LogP) is 2.16. The van der Waals surface area contributed by atoms with Gasteiger partial charge in [0.1, 0.15) is 5.82 Å². The molecule has 1 rings (SSSR count). The highest BCUT2D eigenvalue weighted by Gasteiger charge is 2.14. The molecule has 18 heavy (non-hydrogen) atoms. The minimum Gasteiger partial charge on any atom is -0.338 e. The number of nitrogens with two attached hydrogens (primary N) is 1. The first-order valence-electron chi connectivity index (χ1n) is 6.25. The molecule has 0 aliphatic rings. The minimum atomic E-state index is -0.262. The fraction of sp³-hybridized carbons (Fsp3) is 0.500. The standard InChI is InChI=1S/C14H21FN2O/c1-11(2)9-17(14(18)7-8-16)10-12-3-5-13(15)6-4-12/h3-6,11H,7-10,16H2,1-2H3. The van der Waals surface area contributed by atoms with Crippen molar-refractivity contribution in [3.8, 4) is 0 Å². The van der Waals surface area contributed by atoms with E-state index in [0.717, 1.165) is 5.56 Å². The van der Waals surface area contributed by atoms with Crippen LogP contribution in [0.25, 0.3) is 0 Å². The van der Waals surface area contributed by atoms with Gasteiger partial charge in [-0.1, -0.05) is 26.0 Å². The second kappa shape index (κ2) is 7.11. The van der Waals surface area contributed by atoms with Crippen LogP contribution in [0.1, 0.15) is 25.8 Å².